The smallest absolute Gasteiger partial charge is 0.355 e. The third kappa shape index (κ3) is 4.45. The molecule has 1 aromatic rings. The van der Waals surface area contributed by atoms with Gasteiger partial charge in [0.2, 0.25) is 0 Å². The van der Waals surface area contributed by atoms with Crippen LogP contribution in [0.3, 0.4) is 0 Å². The van der Waals surface area contributed by atoms with Gasteiger partial charge < -0.3 is 10.2 Å². The lowest BCUT2D eigenvalue weighted by Gasteiger charge is -2.34. The van der Waals surface area contributed by atoms with Crippen molar-refractivity contribution in [2.24, 2.45) is 0 Å². The molecule has 1 aliphatic heterocycles. The van der Waals surface area contributed by atoms with E-state index in [2.05, 4.69) is 17.1 Å². The number of nitrogens with one attached hydrogen (secondary N) is 1. The minimum Gasteiger partial charge on any atom is -0.355 e. The van der Waals surface area contributed by atoms with E-state index in [1.54, 1.807) is 0 Å². The molecule has 1 saturated heterocycles. The van der Waals surface area contributed by atoms with Crippen LogP contribution in [0.25, 0.3) is 0 Å². The summed E-state index contributed by atoms with van der Waals surface area (Å²) < 4.78 is 39.9. The van der Waals surface area contributed by atoms with Gasteiger partial charge in [0.15, 0.2) is 0 Å². The molecule has 0 spiro atoms. The monoisotopic (exact) mass is 329 g/mol. The molecule has 0 aliphatic carbocycles. The van der Waals surface area contributed by atoms with Crippen LogP contribution in [0.4, 0.5) is 13.2 Å². The van der Waals surface area contributed by atoms with Crippen LogP contribution < -0.4 is 5.32 Å². The molecular formula is C16H22F3N3O. The van der Waals surface area contributed by atoms with Crippen molar-refractivity contribution in [1.29, 1.82) is 0 Å². The predicted octanol–water partition coefficient (Wildman–Crippen LogP) is 2.20. The highest BCUT2D eigenvalue weighted by atomic mass is 19.4. The number of hydrogen-bond acceptors (Lipinski definition) is 3. The molecule has 1 aromatic carbocycles. The van der Waals surface area contributed by atoms with E-state index in [1.165, 1.54) is 19.2 Å². The molecular weight excluding hydrogens is 307 g/mol. The van der Waals surface area contributed by atoms with Gasteiger partial charge in [0.25, 0.3) is 5.91 Å². The molecule has 4 nitrogen and oxygen atoms in total. The van der Waals surface area contributed by atoms with Gasteiger partial charge >= 0.3 is 6.18 Å². The van der Waals surface area contributed by atoms with E-state index in [1.807, 2.05) is 4.90 Å². The molecule has 1 heterocycles. The molecule has 0 unspecified atom stereocenters. The highest BCUT2D eigenvalue weighted by Gasteiger charge is 2.34. The number of alkyl halides is 3. The summed E-state index contributed by atoms with van der Waals surface area (Å²) in [7, 11) is 1.40. The summed E-state index contributed by atoms with van der Waals surface area (Å²) in [5.41, 5.74) is -0.481. The van der Waals surface area contributed by atoms with E-state index in [0.29, 0.717) is 0 Å². The van der Waals surface area contributed by atoms with Crippen LogP contribution >= 0.6 is 0 Å². The molecule has 1 N–H and O–H groups in total. The summed E-state index contributed by atoms with van der Waals surface area (Å²) in [6.45, 7) is 6.53. The van der Waals surface area contributed by atoms with E-state index in [0.717, 1.165) is 38.8 Å². The number of carbonyl (C=O) groups excluding carboxylic acids is 1. The second-order valence-electron chi connectivity index (χ2n) is 5.66. The summed E-state index contributed by atoms with van der Waals surface area (Å²) in [5.74, 6) is -0.515. The predicted molar refractivity (Wildman–Crippen MR) is 82.2 cm³/mol. The number of halogens is 3. The zero-order valence-electron chi connectivity index (χ0n) is 13.4. The average Bonchev–Trinajstić information content (AvgIpc) is 2.54. The lowest BCUT2D eigenvalue weighted by atomic mass is 10.0. The molecule has 1 fully saturated rings. The van der Waals surface area contributed by atoms with Gasteiger partial charge in [0, 0.05) is 45.3 Å². The van der Waals surface area contributed by atoms with Gasteiger partial charge in [-0.05, 0) is 24.2 Å². The lowest BCUT2D eigenvalue weighted by molar-refractivity contribution is -0.138. The summed E-state index contributed by atoms with van der Waals surface area (Å²) in [5, 5.41) is 2.35. The molecule has 0 bridgehead atoms. The minimum absolute atomic E-state index is 0.0272. The van der Waals surface area contributed by atoms with E-state index in [-0.39, 0.29) is 17.7 Å². The van der Waals surface area contributed by atoms with E-state index in [9.17, 15) is 18.0 Å². The van der Waals surface area contributed by atoms with Gasteiger partial charge in [-0.1, -0.05) is 13.0 Å². The van der Waals surface area contributed by atoms with Crippen molar-refractivity contribution in [3.63, 3.8) is 0 Å². The standard InChI is InChI=1S/C16H22F3N3O/c1-3-21-6-8-22(9-7-21)11-13-5-4-12(15(23)20-2)10-14(13)16(17,18)19/h4-5,10H,3,6-9,11H2,1-2H3,(H,20,23). The van der Waals surface area contributed by atoms with Crippen LogP contribution in [0.5, 0.6) is 0 Å². The Kier molecular flexibility index (Phi) is 5.64. The number of likely N-dealkylation sites (N-methyl/N-ethyl adjacent to an activating group) is 1. The zero-order chi connectivity index (χ0) is 17.0. The number of amides is 1. The van der Waals surface area contributed by atoms with Crippen molar-refractivity contribution < 1.29 is 18.0 Å². The molecule has 0 saturated carbocycles. The fourth-order valence-electron chi connectivity index (χ4n) is 2.77. The topological polar surface area (TPSA) is 35.6 Å². The molecule has 1 amide bonds. The number of carbonyl (C=O) groups is 1. The van der Waals surface area contributed by atoms with Crippen molar-refractivity contribution in [3.8, 4) is 0 Å². The van der Waals surface area contributed by atoms with Crippen LogP contribution in [-0.2, 0) is 12.7 Å². The molecule has 0 atom stereocenters. The molecule has 0 radical (unpaired) electrons. The molecule has 23 heavy (non-hydrogen) atoms. The maximum atomic E-state index is 13.3. The van der Waals surface area contributed by atoms with Gasteiger partial charge in [0.1, 0.15) is 0 Å². The summed E-state index contributed by atoms with van der Waals surface area (Å²) in [4.78, 5) is 15.9. The van der Waals surface area contributed by atoms with Gasteiger partial charge in [0.05, 0.1) is 5.56 Å². The Morgan fingerprint density at radius 1 is 1.17 bits per heavy atom. The molecule has 2 rings (SSSR count). The fraction of sp³-hybridized carbons (Fsp3) is 0.562. The van der Waals surface area contributed by atoms with E-state index < -0.39 is 17.6 Å². The SMILES string of the molecule is CCN1CCN(Cc2ccc(C(=O)NC)cc2C(F)(F)F)CC1. The number of piperazine rings is 1. The summed E-state index contributed by atoms with van der Waals surface area (Å²) in [6.07, 6.45) is -4.47. The zero-order valence-corrected chi connectivity index (χ0v) is 13.4. The lowest BCUT2D eigenvalue weighted by Crippen LogP contribution is -2.45. The molecule has 128 valence electrons. The Labute approximate surface area is 134 Å². The van der Waals surface area contributed by atoms with Crippen molar-refractivity contribution in [2.45, 2.75) is 19.6 Å². The van der Waals surface area contributed by atoms with Crippen LogP contribution in [0.1, 0.15) is 28.4 Å². The van der Waals surface area contributed by atoms with Gasteiger partial charge in [-0.3, -0.25) is 9.69 Å². The normalized spacial score (nSPS) is 17.3. The first-order chi connectivity index (χ1) is 10.8. The number of benzene rings is 1. The van der Waals surface area contributed by atoms with E-state index in [4.69, 9.17) is 0 Å². The van der Waals surface area contributed by atoms with Gasteiger partial charge in [-0.25, -0.2) is 0 Å². The van der Waals surface area contributed by atoms with Crippen LogP contribution in [-0.4, -0.2) is 55.5 Å². The third-order valence-corrected chi connectivity index (χ3v) is 4.21. The average molecular weight is 329 g/mol. The minimum atomic E-state index is -4.47. The number of nitrogens with zero attached hydrogens (tertiary/aromatic N) is 2. The van der Waals surface area contributed by atoms with Crippen LogP contribution in [0, 0.1) is 0 Å². The van der Waals surface area contributed by atoms with Crippen molar-refractivity contribution in [1.82, 2.24) is 15.1 Å². The van der Waals surface area contributed by atoms with Crippen LogP contribution in [0.2, 0.25) is 0 Å². The second-order valence-corrected chi connectivity index (χ2v) is 5.66. The van der Waals surface area contributed by atoms with E-state index >= 15 is 0 Å². The second kappa shape index (κ2) is 7.31. The van der Waals surface area contributed by atoms with Gasteiger partial charge in [-0.2, -0.15) is 13.2 Å². The molecule has 0 aromatic heterocycles. The highest BCUT2D eigenvalue weighted by Crippen LogP contribution is 2.33. The maximum Gasteiger partial charge on any atom is 0.416 e. The fourth-order valence-corrected chi connectivity index (χ4v) is 2.77. The first-order valence-corrected chi connectivity index (χ1v) is 7.72. The third-order valence-electron chi connectivity index (χ3n) is 4.21. The number of rotatable bonds is 4. The van der Waals surface area contributed by atoms with Crippen molar-refractivity contribution in [3.05, 3.63) is 34.9 Å². The van der Waals surface area contributed by atoms with Crippen molar-refractivity contribution >= 4 is 5.91 Å². The Morgan fingerprint density at radius 2 is 1.78 bits per heavy atom. The largest absolute Gasteiger partial charge is 0.416 e. The Balaban J connectivity index is 2.19. The van der Waals surface area contributed by atoms with Crippen molar-refractivity contribution in [2.75, 3.05) is 39.8 Å². The summed E-state index contributed by atoms with van der Waals surface area (Å²) in [6, 6.07) is 3.81. The summed E-state index contributed by atoms with van der Waals surface area (Å²) >= 11 is 0. The first-order valence-electron chi connectivity index (χ1n) is 7.72. The Morgan fingerprint density at radius 3 is 2.30 bits per heavy atom. The van der Waals surface area contributed by atoms with Crippen LogP contribution in [0.15, 0.2) is 18.2 Å². The quantitative estimate of drug-likeness (QED) is 0.920. The Hall–Kier alpha value is -1.60. The maximum absolute atomic E-state index is 13.3. The number of hydrogen-bond donors (Lipinski definition) is 1. The first kappa shape index (κ1) is 17.7. The molecule has 1 aliphatic rings. The highest BCUT2D eigenvalue weighted by molar-refractivity contribution is 5.94. The van der Waals surface area contributed by atoms with Gasteiger partial charge in [-0.15, -0.1) is 0 Å². The molecule has 7 heteroatoms. The Bertz CT molecular complexity index is 552.